The molecule has 0 aliphatic carbocycles. The molecule has 0 heterocycles. The Kier molecular flexibility index (Phi) is 5.63. The summed E-state index contributed by atoms with van der Waals surface area (Å²) in [5, 5.41) is 9.23. The maximum absolute atomic E-state index is 13.7. The molecule has 0 aliphatic heterocycles. The van der Waals surface area contributed by atoms with E-state index in [1.54, 1.807) is 20.8 Å². The molecule has 0 unspecified atom stereocenters. The maximum Gasteiger partial charge on any atom is 0.410 e. The number of aliphatic carboxylic acids is 1. The summed E-state index contributed by atoms with van der Waals surface area (Å²) in [5.41, 5.74) is -1.20. The largest absolute Gasteiger partial charge is 0.480 e. The Morgan fingerprint density at radius 3 is 2.17 bits per heavy atom. The van der Waals surface area contributed by atoms with Crippen molar-refractivity contribution in [2.24, 2.45) is 0 Å². The Bertz CT molecular complexity index is 613. The van der Waals surface area contributed by atoms with Crippen LogP contribution in [0, 0.1) is 17.5 Å². The van der Waals surface area contributed by atoms with Crippen LogP contribution in [0.1, 0.15) is 26.3 Å². The minimum atomic E-state index is -1.50. The Labute approximate surface area is 131 Å². The topological polar surface area (TPSA) is 66.8 Å². The van der Waals surface area contributed by atoms with Crippen molar-refractivity contribution >= 4 is 12.1 Å². The number of carboxylic acid groups (broad SMARTS) is 1. The molecule has 0 aromatic heterocycles. The van der Waals surface area contributed by atoms with Gasteiger partial charge in [0.15, 0.2) is 11.6 Å². The fourth-order valence-electron chi connectivity index (χ4n) is 1.78. The first-order chi connectivity index (χ1) is 10.4. The van der Waals surface area contributed by atoms with Gasteiger partial charge in [-0.1, -0.05) is 0 Å². The van der Waals surface area contributed by atoms with E-state index in [1.807, 2.05) is 0 Å². The number of likely N-dealkylation sites (N-methyl/N-ethyl adjacent to an activating group) is 1. The average Bonchev–Trinajstić information content (AvgIpc) is 2.38. The molecular formula is C15H18F3NO4. The van der Waals surface area contributed by atoms with E-state index in [4.69, 9.17) is 4.74 Å². The summed E-state index contributed by atoms with van der Waals surface area (Å²) >= 11 is 0. The highest BCUT2D eigenvalue weighted by atomic mass is 19.2. The minimum absolute atomic E-state index is 0.330. The lowest BCUT2D eigenvalue weighted by molar-refractivity contribution is -0.142. The van der Waals surface area contributed by atoms with Gasteiger partial charge in [-0.05, 0) is 32.4 Å². The number of amides is 1. The van der Waals surface area contributed by atoms with Gasteiger partial charge >= 0.3 is 12.1 Å². The summed E-state index contributed by atoms with van der Waals surface area (Å²) < 4.78 is 44.8. The van der Waals surface area contributed by atoms with Gasteiger partial charge < -0.3 is 9.84 Å². The molecular weight excluding hydrogens is 315 g/mol. The van der Waals surface area contributed by atoms with Crippen molar-refractivity contribution in [3.63, 3.8) is 0 Å². The van der Waals surface area contributed by atoms with Crippen molar-refractivity contribution in [3.05, 3.63) is 35.1 Å². The average molecular weight is 333 g/mol. The number of carbonyl (C=O) groups excluding carboxylic acids is 1. The summed E-state index contributed by atoms with van der Waals surface area (Å²) in [4.78, 5) is 24.0. The van der Waals surface area contributed by atoms with Crippen LogP contribution in [0.4, 0.5) is 18.0 Å². The van der Waals surface area contributed by atoms with Crippen molar-refractivity contribution < 1.29 is 32.6 Å². The third-order valence-electron chi connectivity index (χ3n) is 2.94. The first kappa shape index (κ1) is 18.8. The molecule has 0 saturated heterocycles. The first-order valence-electron chi connectivity index (χ1n) is 6.74. The number of halogens is 3. The van der Waals surface area contributed by atoms with Crippen LogP contribution >= 0.6 is 0 Å². The van der Waals surface area contributed by atoms with Crippen LogP contribution in [0.25, 0.3) is 0 Å². The second-order valence-electron chi connectivity index (χ2n) is 6.01. The number of ether oxygens (including phenoxy) is 1. The van der Waals surface area contributed by atoms with Gasteiger partial charge in [0.1, 0.15) is 17.5 Å². The van der Waals surface area contributed by atoms with Gasteiger partial charge in [-0.2, -0.15) is 0 Å². The molecule has 1 atom stereocenters. The lowest BCUT2D eigenvalue weighted by atomic mass is 10.0. The van der Waals surface area contributed by atoms with Crippen LogP contribution in [-0.2, 0) is 16.0 Å². The molecule has 128 valence electrons. The van der Waals surface area contributed by atoms with Gasteiger partial charge in [0.25, 0.3) is 0 Å². The third kappa shape index (κ3) is 5.15. The highest BCUT2D eigenvalue weighted by molar-refractivity contribution is 5.80. The van der Waals surface area contributed by atoms with Crippen LogP contribution in [0.5, 0.6) is 0 Å². The second kappa shape index (κ2) is 6.89. The smallest absolute Gasteiger partial charge is 0.410 e. The first-order valence-corrected chi connectivity index (χ1v) is 6.74. The van der Waals surface area contributed by atoms with E-state index >= 15 is 0 Å². The number of carbonyl (C=O) groups is 2. The summed E-state index contributed by atoms with van der Waals surface area (Å²) in [6.07, 6.45) is -1.46. The van der Waals surface area contributed by atoms with Crippen molar-refractivity contribution in [1.29, 1.82) is 0 Å². The van der Waals surface area contributed by atoms with Gasteiger partial charge in [-0.15, -0.1) is 0 Å². The Morgan fingerprint density at radius 1 is 1.17 bits per heavy atom. The molecule has 0 aliphatic rings. The number of benzene rings is 1. The van der Waals surface area contributed by atoms with E-state index in [9.17, 15) is 27.9 Å². The number of carboxylic acids is 1. The lowest BCUT2D eigenvalue weighted by Crippen LogP contribution is -2.46. The Morgan fingerprint density at radius 2 is 1.70 bits per heavy atom. The highest BCUT2D eigenvalue weighted by Gasteiger charge is 2.31. The van der Waals surface area contributed by atoms with Crippen LogP contribution in [0.2, 0.25) is 0 Å². The third-order valence-corrected chi connectivity index (χ3v) is 2.94. The maximum atomic E-state index is 13.7. The number of nitrogens with zero attached hydrogens (tertiary/aromatic N) is 1. The predicted molar refractivity (Wildman–Crippen MR) is 75.4 cm³/mol. The monoisotopic (exact) mass is 333 g/mol. The molecule has 0 spiro atoms. The zero-order chi connectivity index (χ0) is 17.9. The Hall–Kier alpha value is -2.25. The van der Waals surface area contributed by atoms with Crippen molar-refractivity contribution in [2.45, 2.75) is 38.8 Å². The Balaban J connectivity index is 3.02. The van der Waals surface area contributed by atoms with Gasteiger partial charge in [0.05, 0.1) is 0 Å². The SMILES string of the molecule is CN(C(=O)OC(C)(C)C)[C@@H](Cc1cc(F)c(F)cc1F)C(=O)O. The molecule has 1 N–H and O–H groups in total. The molecule has 1 aromatic rings. The van der Waals surface area contributed by atoms with E-state index in [0.29, 0.717) is 12.1 Å². The molecule has 5 nitrogen and oxygen atoms in total. The lowest BCUT2D eigenvalue weighted by Gasteiger charge is -2.28. The zero-order valence-electron chi connectivity index (χ0n) is 13.2. The van der Waals surface area contributed by atoms with Gasteiger partial charge in [0, 0.05) is 19.5 Å². The predicted octanol–water partition coefficient (Wildman–Crippen LogP) is 2.97. The standard InChI is InChI=1S/C15H18F3NO4/c1-15(2,3)23-14(22)19(4)12(13(20)21)6-8-5-10(17)11(18)7-9(8)16/h5,7,12H,6H2,1-4H3,(H,20,21)/t12-/m0/s1. The van der Waals surface area contributed by atoms with Crippen LogP contribution in [0.15, 0.2) is 12.1 Å². The zero-order valence-corrected chi connectivity index (χ0v) is 13.2. The quantitative estimate of drug-likeness (QED) is 0.860. The second-order valence-corrected chi connectivity index (χ2v) is 6.01. The van der Waals surface area contributed by atoms with Crippen LogP contribution in [-0.4, -0.2) is 40.8 Å². The van der Waals surface area contributed by atoms with Gasteiger partial charge in [-0.25, -0.2) is 22.8 Å². The van der Waals surface area contributed by atoms with Gasteiger partial charge in [-0.3, -0.25) is 4.90 Å². The molecule has 0 saturated carbocycles. The number of hydrogen-bond donors (Lipinski definition) is 1. The molecule has 1 amide bonds. The van der Waals surface area contributed by atoms with Gasteiger partial charge in [0.2, 0.25) is 0 Å². The molecule has 23 heavy (non-hydrogen) atoms. The van der Waals surface area contributed by atoms with E-state index < -0.39 is 47.6 Å². The van der Waals surface area contributed by atoms with Crippen molar-refractivity contribution in [3.8, 4) is 0 Å². The molecule has 0 bridgehead atoms. The molecule has 0 radical (unpaired) electrons. The molecule has 8 heteroatoms. The number of hydrogen-bond acceptors (Lipinski definition) is 3. The van der Waals surface area contributed by atoms with Crippen LogP contribution in [0.3, 0.4) is 0 Å². The summed E-state index contributed by atoms with van der Waals surface area (Å²) in [6.45, 7) is 4.80. The molecule has 0 fully saturated rings. The highest BCUT2D eigenvalue weighted by Crippen LogP contribution is 2.18. The molecule has 1 rings (SSSR count). The van der Waals surface area contributed by atoms with E-state index in [1.165, 1.54) is 7.05 Å². The fraction of sp³-hybridized carbons (Fsp3) is 0.467. The normalized spacial score (nSPS) is 12.7. The van der Waals surface area contributed by atoms with Crippen molar-refractivity contribution in [2.75, 3.05) is 7.05 Å². The van der Waals surface area contributed by atoms with Crippen molar-refractivity contribution in [1.82, 2.24) is 4.90 Å². The minimum Gasteiger partial charge on any atom is -0.480 e. The summed E-state index contributed by atoms with van der Waals surface area (Å²) in [6, 6.07) is -0.593. The molecule has 1 aromatic carbocycles. The van der Waals surface area contributed by atoms with E-state index in [-0.39, 0.29) is 5.56 Å². The fourth-order valence-corrected chi connectivity index (χ4v) is 1.78. The van der Waals surface area contributed by atoms with E-state index in [0.717, 1.165) is 4.90 Å². The van der Waals surface area contributed by atoms with E-state index in [2.05, 4.69) is 0 Å². The van der Waals surface area contributed by atoms with Crippen LogP contribution < -0.4 is 0 Å². The summed E-state index contributed by atoms with van der Waals surface area (Å²) in [5.74, 6) is -5.20. The number of rotatable bonds is 4. The summed E-state index contributed by atoms with van der Waals surface area (Å²) in [7, 11) is 1.17.